The standard InChI is InChI=1S/C25H17Cl2F3N6O4/c1-13-10-14(26)11-16(22(37)33-34-24(39)40-15-6-3-2-4-7-15)20(13)32-23(38)18-12-19(25(28,29)30)35-36(18)21-17(27)8-5-9-31-21/h2-12H,1H3,(H,32,38)(H,33,37)(H,34,39). The maximum Gasteiger partial charge on any atom is 0.435 e. The zero-order chi connectivity index (χ0) is 29.0. The fourth-order valence-corrected chi connectivity index (χ4v) is 3.91. The molecule has 4 aromatic rings. The van der Waals surface area contributed by atoms with Crippen molar-refractivity contribution in [3.8, 4) is 11.6 Å². The van der Waals surface area contributed by atoms with Crippen molar-refractivity contribution in [3.63, 3.8) is 0 Å². The minimum atomic E-state index is -4.89. The zero-order valence-electron chi connectivity index (χ0n) is 20.2. The van der Waals surface area contributed by atoms with Crippen molar-refractivity contribution in [2.24, 2.45) is 0 Å². The summed E-state index contributed by atoms with van der Waals surface area (Å²) in [5.74, 6) is -2.00. The largest absolute Gasteiger partial charge is 0.435 e. The second-order valence-corrected chi connectivity index (χ2v) is 8.86. The number of ether oxygens (including phenoxy) is 1. The first-order valence-corrected chi connectivity index (χ1v) is 11.9. The molecular weight excluding hydrogens is 576 g/mol. The molecule has 0 radical (unpaired) electrons. The SMILES string of the molecule is Cc1cc(Cl)cc(C(=O)NNC(=O)Oc2ccccc2)c1NC(=O)c1cc(C(F)(F)F)nn1-c1ncccc1Cl. The van der Waals surface area contributed by atoms with Crippen LogP contribution in [0.5, 0.6) is 5.75 Å². The molecule has 2 aromatic carbocycles. The van der Waals surface area contributed by atoms with Crippen LogP contribution in [-0.4, -0.2) is 32.7 Å². The molecule has 3 N–H and O–H groups in total. The molecule has 10 nitrogen and oxygen atoms in total. The van der Waals surface area contributed by atoms with E-state index in [0.717, 1.165) is 0 Å². The number of halogens is 5. The van der Waals surface area contributed by atoms with E-state index in [1.807, 2.05) is 0 Å². The smallest absolute Gasteiger partial charge is 0.409 e. The number of carbonyl (C=O) groups excluding carboxylic acids is 3. The first-order chi connectivity index (χ1) is 18.9. The van der Waals surface area contributed by atoms with Gasteiger partial charge in [-0.3, -0.25) is 15.0 Å². The quantitative estimate of drug-likeness (QED) is 0.259. The van der Waals surface area contributed by atoms with Gasteiger partial charge in [-0.25, -0.2) is 19.9 Å². The Bertz CT molecular complexity index is 1600. The second kappa shape index (κ2) is 11.6. The average molecular weight is 593 g/mol. The summed E-state index contributed by atoms with van der Waals surface area (Å²) in [7, 11) is 0. The predicted octanol–water partition coefficient (Wildman–Crippen LogP) is 5.59. The van der Waals surface area contributed by atoms with Gasteiger partial charge < -0.3 is 10.1 Å². The molecule has 2 aromatic heterocycles. The highest BCUT2D eigenvalue weighted by Gasteiger charge is 2.37. The number of carbonyl (C=O) groups is 3. The third-order valence-corrected chi connectivity index (χ3v) is 5.70. The first kappa shape index (κ1) is 28.4. The average Bonchev–Trinajstić information content (AvgIpc) is 3.36. The van der Waals surface area contributed by atoms with Crippen molar-refractivity contribution in [2.75, 3.05) is 5.32 Å². The van der Waals surface area contributed by atoms with Gasteiger partial charge in [-0.1, -0.05) is 41.4 Å². The Balaban J connectivity index is 1.62. The number of aryl methyl sites for hydroxylation is 1. The van der Waals surface area contributed by atoms with E-state index in [1.54, 1.807) is 18.2 Å². The van der Waals surface area contributed by atoms with Gasteiger partial charge >= 0.3 is 12.3 Å². The monoisotopic (exact) mass is 592 g/mol. The highest BCUT2D eigenvalue weighted by molar-refractivity contribution is 6.32. The third-order valence-electron chi connectivity index (χ3n) is 5.19. The normalized spacial score (nSPS) is 11.1. The van der Waals surface area contributed by atoms with Crippen LogP contribution in [0.25, 0.3) is 5.82 Å². The number of aromatic nitrogens is 3. The molecule has 0 aliphatic carbocycles. The number of nitrogens with zero attached hydrogens (tertiary/aromatic N) is 3. The van der Waals surface area contributed by atoms with Crippen LogP contribution >= 0.6 is 23.2 Å². The maximum atomic E-state index is 13.5. The Hall–Kier alpha value is -4.62. The Morgan fingerprint density at radius 1 is 0.950 bits per heavy atom. The summed E-state index contributed by atoms with van der Waals surface area (Å²) in [4.78, 5) is 42.2. The van der Waals surface area contributed by atoms with Gasteiger partial charge in [0.05, 0.1) is 16.3 Å². The minimum absolute atomic E-state index is 0.0652. The molecule has 0 aliphatic rings. The topological polar surface area (TPSA) is 127 Å². The molecular formula is C25H17Cl2F3N6O4. The molecule has 3 amide bonds. The van der Waals surface area contributed by atoms with Crippen LogP contribution in [0.4, 0.5) is 23.7 Å². The van der Waals surface area contributed by atoms with Gasteiger partial charge in [-0.15, -0.1) is 0 Å². The van der Waals surface area contributed by atoms with E-state index in [4.69, 9.17) is 27.9 Å². The molecule has 0 saturated carbocycles. The number of hydrogen-bond donors (Lipinski definition) is 3. The lowest BCUT2D eigenvalue weighted by atomic mass is 10.1. The number of nitrogens with one attached hydrogen (secondary N) is 3. The summed E-state index contributed by atoms with van der Waals surface area (Å²) in [6, 6.07) is 14.0. The Morgan fingerprint density at radius 3 is 2.35 bits per heavy atom. The van der Waals surface area contributed by atoms with E-state index >= 15 is 0 Å². The lowest BCUT2D eigenvalue weighted by Gasteiger charge is -2.15. The molecule has 2 heterocycles. The van der Waals surface area contributed by atoms with Gasteiger partial charge in [-0.2, -0.15) is 18.3 Å². The summed E-state index contributed by atoms with van der Waals surface area (Å²) in [5, 5.41) is 5.94. The Labute approximate surface area is 234 Å². The summed E-state index contributed by atoms with van der Waals surface area (Å²) >= 11 is 12.2. The maximum absolute atomic E-state index is 13.5. The molecule has 40 heavy (non-hydrogen) atoms. The van der Waals surface area contributed by atoms with E-state index < -0.39 is 35.5 Å². The fraction of sp³-hybridized carbons (Fsp3) is 0.0800. The number of rotatable bonds is 5. The number of amides is 3. The molecule has 0 bridgehead atoms. The number of pyridine rings is 1. The van der Waals surface area contributed by atoms with Crippen LogP contribution in [0.3, 0.4) is 0 Å². The number of hydrazine groups is 1. The van der Waals surface area contributed by atoms with E-state index in [1.165, 1.54) is 49.5 Å². The minimum Gasteiger partial charge on any atom is -0.409 e. The van der Waals surface area contributed by atoms with Crippen molar-refractivity contribution in [2.45, 2.75) is 13.1 Å². The van der Waals surface area contributed by atoms with Crippen molar-refractivity contribution in [1.82, 2.24) is 25.6 Å². The molecule has 4 rings (SSSR count). The fourth-order valence-electron chi connectivity index (χ4n) is 3.44. The van der Waals surface area contributed by atoms with E-state index in [9.17, 15) is 27.6 Å². The van der Waals surface area contributed by atoms with Crippen LogP contribution in [0.2, 0.25) is 10.0 Å². The van der Waals surface area contributed by atoms with Gasteiger partial charge in [0.15, 0.2) is 11.5 Å². The first-order valence-electron chi connectivity index (χ1n) is 11.2. The summed E-state index contributed by atoms with van der Waals surface area (Å²) in [5.41, 5.74) is 2.22. The van der Waals surface area contributed by atoms with Crippen LogP contribution < -0.4 is 20.9 Å². The highest BCUT2D eigenvalue weighted by Crippen LogP contribution is 2.31. The van der Waals surface area contributed by atoms with Gasteiger partial charge in [0.1, 0.15) is 11.4 Å². The van der Waals surface area contributed by atoms with Crippen LogP contribution in [-0.2, 0) is 6.18 Å². The number of para-hydroxylation sites is 1. The molecule has 0 atom stereocenters. The lowest BCUT2D eigenvalue weighted by Crippen LogP contribution is -2.43. The molecule has 15 heteroatoms. The number of anilines is 1. The Kier molecular flexibility index (Phi) is 8.26. The summed E-state index contributed by atoms with van der Waals surface area (Å²) < 4.78 is 46.1. The summed E-state index contributed by atoms with van der Waals surface area (Å²) in [6.07, 6.45) is -4.64. The highest BCUT2D eigenvalue weighted by atomic mass is 35.5. The van der Waals surface area contributed by atoms with E-state index in [-0.39, 0.29) is 38.4 Å². The molecule has 0 unspecified atom stereocenters. The molecule has 206 valence electrons. The van der Waals surface area contributed by atoms with Crippen molar-refractivity contribution in [1.29, 1.82) is 0 Å². The zero-order valence-corrected chi connectivity index (χ0v) is 21.7. The van der Waals surface area contributed by atoms with E-state index in [2.05, 4.69) is 26.3 Å². The second-order valence-electron chi connectivity index (χ2n) is 8.01. The summed E-state index contributed by atoms with van der Waals surface area (Å²) in [6.45, 7) is 1.50. The van der Waals surface area contributed by atoms with Gasteiger partial charge in [0.2, 0.25) is 0 Å². The van der Waals surface area contributed by atoms with Crippen LogP contribution in [0.1, 0.15) is 32.1 Å². The van der Waals surface area contributed by atoms with Gasteiger partial charge in [0, 0.05) is 17.3 Å². The van der Waals surface area contributed by atoms with Crippen LogP contribution in [0.15, 0.2) is 66.9 Å². The molecule has 0 spiro atoms. The Morgan fingerprint density at radius 2 is 1.68 bits per heavy atom. The van der Waals surface area contributed by atoms with Crippen molar-refractivity contribution >= 4 is 46.8 Å². The van der Waals surface area contributed by atoms with E-state index in [0.29, 0.717) is 10.7 Å². The van der Waals surface area contributed by atoms with Gasteiger partial charge in [0.25, 0.3) is 11.8 Å². The van der Waals surface area contributed by atoms with Gasteiger partial charge in [-0.05, 0) is 48.9 Å². The molecule has 0 aliphatic heterocycles. The number of benzene rings is 2. The predicted molar refractivity (Wildman–Crippen MR) is 139 cm³/mol. The van der Waals surface area contributed by atoms with Crippen molar-refractivity contribution in [3.05, 3.63) is 99.4 Å². The molecule has 0 saturated heterocycles. The number of alkyl halides is 3. The number of hydrogen-bond acceptors (Lipinski definition) is 6. The molecule has 0 fully saturated rings. The van der Waals surface area contributed by atoms with Crippen LogP contribution in [0, 0.1) is 6.92 Å². The van der Waals surface area contributed by atoms with Crippen molar-refractivity contribution < 1.29 is 32.3 Å². The lowest BCUT2D eigenvalue weighted by molar-refractivity contribution is -0.141. The third kappa shape index (κ3) is 6.50.